The van der Waals surface area contributed by atoms with E-state index in [1.165, 1.54) is 0 Å². The fraction of sp³-hybridized carbons (Fsp3) is 0. The standard InChI is InChI=1S/C27H19ClN4/c28-25-21-15-7-9-17-23(21)31(19-11-3-1-4-12-19)26(25)30-27-29-22-16-8-10-18-24(22)32(27)20-13-5-2-6-14-20/h1-18H,(H,29,30). The summed E-state index contributed by atoms with van der Waals surface area (Å²) in [6.07, 6.45) is 0. The van der Waals surface area contributed by atoms with Gasteiger partial charge < -0.3 is 5.32 Å². The van der Waals surface area contributed by atoms with Crippen LogP contribution >= 0.6 is 11.6 Å². The normalized spacial score (nSPS) is 11.3. The number of para-hydroxylation sites is 5. The smallest absolute Gasteiger partial charge is 0.214 e. The summed E-state index contributed by atoms with van der Waals surface area (Å²) in [5, 5.41) is 5.22. The Morgan fingerprint density at radius 1 is 0.594 bits per heavy atom. The molecule has 32 heavy (non-hydrogen) atoms. The average molecular weight is 435 g/mol. The summed E-state index contributed by atoms with van der Waals surface area (Å²) in [5.41, 5.74) is 5.04. The topological polar surface area (TPSA) is 34.8 Å². The highest BCUT2D eigenvalue weighted by atomic mass is 35.5. The maximum Gasteiger partial charge on any atom is 0.214 e. The molecule has 0 aliphatic rings. The van der Waals surface area contributed by atoms with Crippen LogP contribution in [0.2, 0.25) is 5.02 Å². The molecule has 0 aliphatic carbocycles. The Bertz CT molecular complexity index is 1550. The molecule has 0 unspecified atom stereocenters. The number of fused-ring (bicyclic) bond motifs is 2. The third kappa shape index (κ3) is 2.96. The second-order valence-corrected chi connectivity index (χ2v) is 7.95. The highest BCUT2D eigenvalue weighted by Gasteiger charge is 2.20. The largest absolute Gasteiger partial charge is 0.310 e. The van der Waals surface area contributed by atoms with Gasteiger partial charge in [0.15, 0.2) is 0 Å². The average Bonchev–Trinajstić information content (AvgIpc) is 3.35. The van der Waals surface area contributed by atoms with E-state index in [0.29, 0.717) is 11.0 Å². The van der Waals surface area contributed by atoms with E-state index < -0.39 is 0 Å². The van der Waals surface area contributed by atoms with Crippen molar-refractivity contribution < 1.29 is 0 Å². The first-order valence-electron chi connectivity index (χ1n) is 10.5. The fourth-order valence-corrected chi connectivity index (χ4v) is 4.50. The minimum Gasteiger partial charge on any atom is -0.310 e. The number of benzene rings is 4. The van der Waals surface area contributed by atoms with Crippen LogP contribution in [0.25, 0.3) is 33.3 Å². The van der Waals surface area contributed by atoms with Crippen molar-refractivity contribution >= 4 is 45.3 Å². The van der Waals surface area contributed by atoms with Gasteiger partial charge in [-0.15, -0.1) is 0 Å². The molecule has 0 amide bonds. The van der Waals surface area contributed by atoms with Crippen LogP contribution in [0.5, 0.6) is 0 Å². The molecule has 1 N–H and O–H groups in total. The number of imidazole rings is 1. The maximum atomic E-state index is 6.94. The number of nitrogens with one attached hydrogen (secondary N) is 1. The van der Waals surface area contributed by atoms with E-state index in [-0.39, 0.29) is 0 Å². The number of nitrogens with zero attached hydrogens (tertiary/aromatic N) is 3. The molecule has 6 rings (SSSR count). The molecule has 5 heteroatoms. The first-order valence-corrected chi connectivity index (χ1v) is 10.8. The summed E-state index contributed by atoms with van der Waals surface area (Å²) in [5.74, 6) is 1.49. The lowest BCUT2D eigenvalue weighted by atomic mass is 10.2. The van der Waals surface area contributed by atoms with Crippen LogP contribution in [0.15, 0.2) is 109 Å². The number of aromatic nitrogens is 3. The first-order chi connectivity index (χ1) is 15.8. The van der Waals surface area contributed by atoms with Gasteiger partial charge in [-0.25, -0.2) is 4.98 Å². The van der Waals surface area contributed by atoms with E-state index in [2.05, 4.69) is 50.8 Å². The zero-order valence-electron chi connectivity index (χ0n) is 17.1. The lowest BCUT2D eigenvalue weighted by Gasteiger charge is -2.14. The Morgan fingerprint density at radius 3 is 1.88 bits per heavy atom. The van der Waals surface area contributed by atoms with Crippen molar-refractivity contribution in [3.8, 4) is 11.4 Å². The second kappa shape index (κ2) is 7.59. The van der Waals surface area contributed by atoms with Gasteiger partial charge in [0.2, 0.25) is 5.95 Å². The van der Waals surface area contributed by atoms with Crippen LogP contribution in [0.1, 0.15) is 0 Å². The molecule has 0 bridgehead atoms. The minimum absolute atomic E-state index is 0.663. The maximum absolute atomic E-state index is 6.94. The molecule has 0 saturated heterocycles. The molecular weight excluding hydrogens is 416 g/mol. The third-order valence-corrected chi connectivity index (χ3v) is 6.02. The van der Waals surface area contributed by atoms with Gasteiger partial charge in [0.1, 0.15) is 5.82 Å². The number of hydrogen-bond acceptors (Lipinski definition) is 2. The molecule has 4 aromatic carbocycles. The van der Waals surface area contributed by atoms with Crippen molar-refractivity contribution in [1.29, 1.82) is 0 Å². The van der Waals surface area contributed by atoms with E-state index >= 15 is 0 Å². The quantitative estimate of drug-likeness (QED) is 0.314. The van der Waals surface area contributed by atoms with Crippen molar-refractivity contribution in [3.63, 3.8) is 0 Å². The monoisotopic (exact) mass is 434 g/mol. The minimum atomic E-state index is 0.663. The van der Waals surface area contributed by atoms with Crippen molar-refractivity contribution in [1.82, 2.24) is 14.1 Å². The van der Waals surface area contributed by atoms with Gasteiger partial charge in [-0.2, -0.15) is 0 Å². The molecule has 0 fully saturated rings. The molecule has 0 aliphatic heterocycles. The molecule has 4 nitrogen and oxygen atoms in total. The van der Waals surface area contributed by atoms with Gasteiger partial charge in [0, 0.05) is 16.8 Å². The van der Waals surface area contributed by atoms with Crippen molar-refractivity contribution in [3.05, 3.63) is 114 Å². The van der Waals surface area contributed by atoms with Crippen LogP contribution in [0, 0.1) is 0 Å². The first kappa shape index (κ1) is 18.7. The molecule has 2 heterocycles. The predicted octanol–water partition coefficient (Wildman–Crippen LogP) is 7.37. The molecule has 2 aromatic heterocycles. The van der Waals surface area contributed by atoms with Crippen LogP contribution in [-0.4, -0.2) is 14.1 Å². The van der Waals surface area contributed by atoms with Crippen LogP contribution < -0.4 is 5.32 Å². The summed E-state index contributed by atoms with van der Waals surface area (Å²) in [4.78, 5) is 4.91. The summed E-state index contributed by atoms with van der Waals surface area (Å²) >= 11 is 6.94. The van der Waals surface area contributed by atoms with Crippen molar-refractivity contribution in [2.24, 2.45) is 0 Å². The second-order valence-electron chi connectivity index (χ2n) is 7.57. The summed E-state index contributed by atoms with van der Waals surface area (Å²) in [6, 6.07) is 36.7. The molecule has 6 aromatic rings. The lowest BCUT2D eigenvalue weighted by molar-refractivity contribution is 1.06. The molecule has 0 saturated carbocycles. The highest BCUT2D eigenvalue weighted by Crippen LogP contribution is 2.39. The van der Waals surface area contributed by atoms with Gasteiger partial charge in [-0.3, -0.25) is 9.13 Å². The SMILES string of the molecule is Clc1c(Nc2nc3ccccc3n2-c2ccccc2)n(-c2ccccc2)c2ccccc12. The van der Waals surface area contributed by atoms with Crippen molar-refractivity contribution in [2.45, 2.75) is 0 Å². The molecule has 154 valence electrons. The Labute approximate surface area is 190 Å². The summed E-state index contributed by atoms with van der Waals surface area (Å²) in [7, 11) is 0. The Balaban J connectivity index is 1.61. The number of hydrogen-bond donors (Lipinski definition) is 1. The molecule has 0 atom stereocenters. The predicted molar refractivity (Wildman–Crippen MR) is 133 cm³/mol. The van der Waals surface area contributed by atoms with Gasteiger partial charge in [0.25, 0.3) is 0 Å². The van der Waals surface area contributed by atoms with E-state index in [9.17, 15) is 0 Å². The van der Waals surface area contributed by atoms with Crippen LogP contribution in [-0.2, 0) is 0 Å². The fourth-order valence-electron chi connectivity index (χ4n) is 4.21. The molecule has 0 spiro atoms. The Morgan fingerprint density at radius 2 is 1.16 bits per heavy atom. The lowest BCUT2D eigenvalue weighted by Crippen LogP contribution is -2.06. The van der Waals surface area contributed by atoms with E-state index in [1.807, 2.05) is 72.8 Å². The van der Waals surface area contributed by atoms with Crippen molar-refractivity contribution in [2.75, 3.05) is 5.32 Å². The van der Waals surface area contributed by atoms with Gasteiger partial charge in [-0.05, 0) is 42.5 Å². The van der Waals surface area contributed by atoms with Crippen LogP contribution in [0.4, 0.5) is 11.8 Å². The number of anilines is 2. The zero-order valence-corrected chi connectivity index (χ0v) is 17.9. The number of rotatable bonds is 4. The Kier molecular flexibility index (Phi) is 4.44. The van der Waals surface area contributed by atoms with Gasteiger partial charge in [-0.1, -0.05) is 78.3 Å². The van der Waals surface area contributed by atoms with Crippen LogP contribution in [0.3, 0.4) is 0 Å². The molecule has 0 radical (unpaired) electrons. The number of halogens is 1. The van der Waals surface area contributed by atoms with E-state index in [0.717, 1.165) is 39.1 Å². The highest BCUT2D eigenvalue weighted by molar-refractivity contribution is 6.38. The van der Waals surface area contributed by atoms with Gasteiger partial charge >= 0.3 is 0 Å². The summed E-state index contributed by atoms with van der Waals surface area (Å²) < 4.78 is 4.27. The summed E-state index contributed by atoms with van der Waals surface area (Å²) in [6.45, 7) is 0. The van der Waals surface area contributed by atoms with E-state index in [4.69, 9.17) is 16.6 Å². The van der Waals surface area contributed by atoms with E-state index in [1.54, 1.807) is 0 Å². The molecular formula is C27H19ClN4. The zero-order chi connectivity index (χ0) is 21.5. The van der Waals surface area contributed by atoms with Gasteiger partial charge in [0.05, 0.1) is 21.6 Å². The Hall–Kier alpha value is -4.02. The third-order valence-electron chi connectivity index (χ3n) is 5.63.